The van der Waals surface area contributed by atoms with Gasteiger partial charge in [0.1, 0.15) is 17.8 Å². The van der Waals surface area contributed by atoms with Gasteiger partial charge in [-0.25, -0.2) is 14.6 Å². The number of carbonyl (C=O) groups is 1. The Morgan fingerprint density at radius 3 is 2.77 bits per heavy atom. The van der Waals surface area contributed by atoms with E-state index in [-0.39, 0.29) is 5.91 Å². The highest BCUT2D eigenvalue weighted by Gasteiger charge is 2.26. The molecule has 0 bridgehead atoms. The van der Waals surface area contributed by atoms with Crippen LogP contribution in [0.4, 0.5) is 11.5 Å². The summed E-state index contributed by atoms with van der Waals surface area (Å²) in [6.07, 6.45) is 2.58. The van der Waals surface area contributed by atoms with E-state index in [2.05, 4.69) is 21.1 Å². The highest BCUT2D eigenvalue weighted by atomic mass is 35.5. The molecule has 0 fully saturated rings. The van der Waals surface area contributed by atoms with Crippen LogP contribution in [-0.4, -0.2) is 32.2 Å². The molecule has 0 radical (unpaired) electrons. The molecule has 150 valence electrons. The second kappa shape index (κ2) is 7.11. The van der Waals surface area contributed by atoms with Crippen LogP contribution in [0.2, 0.25) is 5.02 Å². The summed E-state index contributed by atoms with van der Waals surface area (Å²) in [6.45, 7) is 0.666. The quantitative estimate of drug-likeness (QED) is 0.550. The topological polar surface area (TPSA) is 89.9 Å². The lowest BCUT2D eigenvalue weighted by molar-refractivity contribution is -0.117. The number of aryl methyl sites for hydroxylation is 1. The van der Waals surface area contributed by atoms with Gasteiger partial charge in [0, 0.05) is 29.9 Å². The summed E-state index contributed by atoms with van der Waals surface area (Å²) in [7, 11) is 1.84. The number of fused-ring (bicyclic) bond motifs is 2. The summed E-state index contributed by atoms with van der Waals surface area (Å²) in [5, 5.41) is 6.02. The lowest BCUT2D eigenvalue weighted by atomic mass is 10.0. The first kappa shape index (κ1) is 18.6. The first-order chi connectivity index (χ1) is 14.5. The van der Waals surface area contributed by atoms with E-state index in [1.165, 1.54) is 6.33 Å². The van der Waals surface area contributed by atoms with Gasteiger partial charge in [-0.05, 0) is 41.8 Å². The van der Waals surface area contributed by atoms with Crippen molar-refractivity contribution in [1.82, 2.24) is 19.7 Å². The van der Waals surface area contributed by atoms with Gasteiger partial charge < -0.3 is 10.6 Å². The van der Waals surface area contributed by atoms with Gasteiger partial charge in [-0.3, -0.25) is 4.79 Å². The average molecular weight is 419 g/mol. The average Bonchev–Trinajstić information content (AvgIpc) is 3.31. The molecule has 0 saturated heterocycles. The SMILES string of the molecule is Cn1nc(-c2ccc3c(c2)CCN3C(=O)Cc2ccc(Cl)cc2)c2c(N)ncnc21. The van der Waals surface area contributed by atoms with E-state index in [1.54, 1.807) is 16.8 Å². The second-order valence-electron chi connectivity index (χ2n) is 7.37. The van der Waals surface area contributed by atoms with E-state index >= 15 is 0 Å². The lowest BCUT2D eigenvalue weighted by Gasteiger charge is -2.17. The van der Waals surface area contributed by atoms with Crippen molar-refractivity contribution in [3.05, 3.63) is 64.9 Å². The molecular weight excluding hydrogens is 400 g/mol. The highest BCUT2D eigenvalue weighted by molar-refractivity contribution is 6.30. The van der Waals surface area contributed by atoms with Crippen molar-refractivity contribution in [3.63, 3.8) is 0 Å². The van der Waals surface area contributed by atoms with Gasteiger partial charge in [-0.15, -0.1) is 0 Å². The van der Waals surface area contributed by atoms with Crippen LogP contribution in [-0.2, 0) is 24.7 Å². The van der Waals surface area contributed by atoms with E-state index in [4.69, 9.17) is 17.3 Å². The molecule has 30 heavy (non-hydrogen) atoms. The number of hydrogen-bond donors (Lipinski definition) is 1. The first-order valence-corrected chi connectivity index (χ1v) is 10.0. The van der Waals surface area contributed by atoms with Crippen molar-refractivity contribution < 1.29 is 4.79 Å². The van der Waals surface area contributed by atoms with Gasteiger partial charge >= 0.3 is 0 Å². The Bertz CT molecular complexity index is 1280. The standard InChI is InChI=1S/C22H19ClN6O/c1-28-22-19(21(24)25-12-26-22)20(27-28)15-4-7-17-14(11-15)8-9-29(17)18(30)10-13-2-5-16(23)6-3-13/h2-7,11-12H,8-10H2,1H3,(H2,24,25,26). The van der Waals surface area contributed by atoms with Crippen LogP contribution in [0.15, 0.2) is 48.8 Å². The zero-order chi connectivity index (χ0) is 20.8. The van der Waals surface area contributed by atoms with E-state index in [9.17, 15) is 4.79 Å². The van der Waals surface area contributed by atoms with E-state index in [0.717, 1.165) is 39.9 Å². The smallest absolute Gasteiger partial charge is 0.231 e. The molecule has 2 aromatic carbocycles. The fourth-order valence-corrected chi connectivity index (χ4v) is 4.12. The van der Waals surface area contributed by atoms with Crippen LogP contribution in [0.1, 0.15) is 11.1 Å². The molecule has 8 heteroatoms. The third-order valence-electron chi connectivity index (χ3n) is 5.47. The zero-order valence-corrected chi connectivity index (χ0v) is 17.1. The van der Waals surface area contributed by atoms with Crippen molar-refractivity contribution >= 4 is 40.0 Å². The van der Waals surface area contributed by atoms with Gasteiger partial charge in [0.05, 0.1) is 11.8 Å². The zero-order valence-electron chi connectivity index (χ0n) is 16.3. The number of nitrogens with zero attached hydrogens (tertiary/aromatic N) is 5. The molecule has 2 N–H and O–H groups in total. The minimum absolute atomic E-state index is 0.0738. The maximum Gasteiger partial charge on any atom is 0.231 e. The van der Waals surface area contributed by atoms with Crippen molar-refractivity contribution in [2.45, 2.75) is 12.8 Å². The van der Waals surface area contributed by atoms with E-state index in [1.807, 2.05) is 36.2 Å². The molecule has 1 amide bonds. The Kier molecular flexibility index (Phi) is 4.40. The van der Waals surface area contributed by atoms with E-state index < -0.39 is 0 Å². The molecule has 0 saturated carbocycles. The number of aromatic nitrogens is 4. The normalized spacial score (nSPS) is 13.1. The largest absolute Gasteiger partial charge is 0.383 e. The van der Waals surface area contributed by atoms with Gasteiger partial charge in [0.15, 0.2) is 5.65 Å². The lowest BCUT2D eigenvalue weighted by Crippen LogP contribution is -2.30. The maximum atomic E-state index is 12.9. The van der Waals surface area contributed by atoms with Crippen LogP contribution in [0.3, 0.4) is 0 Å². The number of nitrogen functional groups attached to an aromatic ring is 1. The van der Waals surface area contributed by atoms with Crippen LogP contribution >= 0.6 is 11.6 Å². The maximum absolute atomic E-state index is 12.9. The number of nitrogens with two attached hydrogens (primary N) is 1. The first-order valence-electron chi connectivity index (χ1n) is 9.62. The van der Waals surface area contributed by atoms with E-state index in [0.29, 0.717) is 29.5 Å². The molecular formula is C22H19ClN6O. The summed E-state index contributed by atoms with van der Waals surface area (Å²) in [4.78, 5) is 23.1. The molecule has 0 spiro atoms. The summed E-state index contributed by atoms with van der Waals surface area (Å²) in [5.74, 6) is 0.480. The molecule has 2 aromatic heterocycles. The molecule has 1 aliphatic rings. The monoisotopic (exact) mass is 418 g/mol. The van der Waals surface area contributed by atoms with Crippen LogP contribution in [0, 0.1) is 0 Å². The van der Waals surface area contributed by atoms with Crippen LogP contribution < -0.4 is 10.6 Å². The van der Waals surface area contributed by atoms with Crippen molar-refractivity contribution in [2.24, 2.45) is 7.05 Å². The van der Waals surface area contributed by atoms with Gasteiger partial charge in [-0.1, -0.05) is 29.8 Å². The number of benzene rings is 2. The molecule has 3 heterocycles. The predicted molar refractivity (Wildman–Crippen MR) is 117 cm³/mol. The summed E-state index contributed by atoms with van der Waals surface area (Å²) in [6, 6.07) is 13.4. The minimum atomic E-state index is 0.0738. The highest BCUT2D eigenvalue weighted by Crippen LogP contribution is 2.35. The Balaban J connectivity index is 1.46. The Labute approximate surface area is 178 Å². The third kappa shape index (κ3) is 3.07. The summed E-state index contributed by atoms with van der Waals surface area (Å²) in [5.41, 5.74) is 11.5. The van der Waals surface area contributed by atoms with Crippen LogP contribution in [0.5, 0.6) is 0 Å². The number of halogens is 1. The molecule has 7 nitrogen and oxygen atoms in total. The van der Waals surface area contributed by atoms with Crippen molar-refractivity contribution in [1.29, 1.82) is 0 Å². The Morgan fingerprint density at radius 2 is 1.97 bits per heavy atom. The number of amides is 1. The molecule has 4 aromatic rings. The fraction of sp³-hybridized carbons (Fsp3) is 0.182. The van der Waals surface area contributed by atoms with Gasteiger partial charge in [0.25, 0.3) is 0 Å². The predicted octanol–water partition coefficient (Wildman–Crippen LogP) is 3.40. The summed E-state index contributed by atoms with van der Waals surface area (Å²) >= 11 is 5.94. The molecule has 0 unspecified atom stereocenters. The number of carbonyl (C=O) groups excluding carboxylic acids is 1. The van der Waals surface area contributed by atoms with Gasteiger partial charge in [0.2, 0.25) is 5.91 Å². The molecule has 0 aliphatic carbocycles. The minimum Gasteiger partial charge on any atom is -0.383 e. The number of rotatable bonds is 3. The van der Waals surface area contributed by atoms with Crippen molar-refractivity contribution in [2.75, 3.05) is 17.2 Å². The molecule has 1 aliphatic heterocycles. The number of hydrogen-bond acceptors (Lipinski definition) is 5. The van der Waals surface area contributed by atoms with Crippen LogP contribution in [0.25, 0.3) is 22.3 Å². The molecule has 5 rings (SSSR count). The Hall–Kier alpha value is -3.45. The second-order valence-corrected chi connectivity index (χ2v) is 7.81. The Morgan fingerprint density at radius 1 is 1.17 bits per heavy atom. The number of anilines is 2. The van der Waals surface area contributed by atoms with Crippen molar-refractivity contribution in [3.8, 4) is 11.3 Å². The summed E-state index contributed by atoms with van der Waals surface area (Å²) < 4.78 is 1.71. The van der Waals surface area contributed by atoms with Gasteiger partial charge in [-0.2, -0.15) is 5.10 Å². The third-order valence-corrected chi connectivity index (χ3v) is 5.72. The fourth-order valence-electron chi connectivity index (χ4n) is 3.99. The molecule has 0 atom stereocenters.